The first-order chi connectivity index (χ1) is 10.2. The summed E-state index contributed by atoms with van der Waals surface area (Å²) in [5, 5.41) is 0.686. The minimum Gasteiger partial charge on any atom is -0.295 e. The van der Waals surface area contributed by atoms with E-state index in [4.69, 9.17) is 0 Å². The van der Waals surface area contributed by atoms with Gasteiger partial charge in [-0.2, -0.15) is 0 Å². The zero-order valence-corrected chi connectivity index (χ0v) is 12.0. The van der Waals surface area contributed by atoms with Crippen LogP contribution in [0.2, 0.25) is 0 Å². The Morgan fingerprint density at radius 1 is 1.24 bits per heavy atom. The van der Waals surface area contributed by atoms with Crippen molar-refractivity contribution >= 4 is 10.9 Å². The Morgan fingerprint density at radius 3 is 2.86 bits per heavy atom. The second-order valence-corrected chi connectivity index (χ2v) is 5.18. The Balaban J connectivity index is 2.03. The van der Waals surface area contributed by atoms with Crippen molar-refractivity contribution in [2.75, 3.05) is 0 Å². The van der Waals surface area contributed by atoms with E-state index in [-0.39, 0.29) is 11.6 Å². The molecule has 106 valence electrons. The number of rotatable bonds is 3. The zero-order chi connectivity index (χ0) is 14.8. The second-order valence-electron chi connectivity index (χ2n) is 5.18. The molecular weight excluding hydrogens is 264 g/mol. The molecule has 5 nitrogen and oxygen atoms in total. The highest BCUT2D eigenvalue weighted by molar-refractivity contribution is 5.80. The number of nitrogens with zero attached hydrogens (tertiary/aromatic N) is 4. The minimum absolute atomic E-state index is 0.00510. The predicted molar refractivity (Wildman–Crippen MR) is 81.2 cm³/mol. The van der Waals surface area contributed by atoms with Gasteiger partial charge in [-0.3, -0.25) is 19.3 Å². The Bertz CT molecular complexity index is 827. The van der Waals surface area contributed by atoms with E-state index in [2.05, 4.69) is 15.0 Å². The molecule has 1 atom stereocenters. The van der Waals surface area contributed by atoms with Gasteiger partial charge in [-0.05, 0) is 25.5 Å². The predicted octanol–water partition coefficient (Wildman–Crippen LogP) is 2.30. The van der Waals surface area contributed by atoms with Gasteiger partial charge >= 0.3 is 0 Å². The van der Waals surface area contributed by atoms with Crippen LogP contribution in [0.3, 0.4) is 0 Å². The first kappa shape index (κ1) is 13.4. The van der Waals surface area contributed by atoms with E-state index in [1.165, 1.54) is 0 Å². The lowest BCUT2D eigenvalue weighted by atomic mass is 10.1. The van der Waals surface area contributed by atoms with Crippen molar-refractivity contribution in [3.05, 3.63) is 64.7 Å². The maximum Gasteiger partial charge on any atom is 0.261 e. The average molecular weight is 280 g/mol. The molecule has 0 aliphatic rings. The Kier molecular flexibility index (Phi) is 3.48. The van der Waals surface area contributed by atoms with Gasteiger partial charge < -0.3 is 0 Å². The molecule has 0 bridgehead atoms. The lowest BCUT2D eigenvalue weighted by Crippen LogP contribution is -2.25. The molecule has 0 amide bonds. The highest BCUT2D eigenvalue weighted by Gasteiger charge is 2.12. The number of hydrogen-bond acceptors (Lipinski definition) is 4. The van der Waals surface area contributed by atoms with E-state index < -0.39 is 0 Å². The number of benzene rings is 1. The van der Waals surface area contributed by atoms with Gasteiger partial charge in [0, 0.05) is 31.1 Å². The third-order valence-corrected chi connectivity index (χ3v) is 3.62. The fourth-order valence-electron chi connectivity index (χ4n) is 2.49. The molecule has 0 radical (unpaired) electrons. The van der Waals surface area contributed by atoms with Crippen LogP contribution in [-0.4, -0.2) is 19.5 Å². The standard InChI is InChI=1S/C16H16N4O/c1-11-4-3-5-14-15(11)16(21)20(10-19-14)12(2)8-13-9-17-6-7-18-13/h3-7,9-10,12H,8H2,1-2H3/t12-/m0/s1. The van der Waals surface area contributed by atoms with Gasteiger partial charge in [-0.15, -0.1) is 0 Å². The summed E-state index contributed by atoms with van der Waals surface area (Å²) in [6.07, 6.45) is 7.29. The molecule has 0 saturated carbocycles. The van der Waals surface area contributed by atoms with Gasteiger partial charge in [-0.1, -0.05) is 12.1 Å². The summed E-state index contributed by atoms with van der Waals surface area (Å²) in [6.45, 7) is 3.92. The van der Waals surface area contributed by atoms with Gasteiger partial charge in [0.2, 0.25) is 0 Å². The molecule has 5 heteroatoms. The molecule has 3 rings (SSSR count). The van der Waals surface area contributed by atoms with Crippen LogP contribution >= 0.6 is 0 Å². The van der Waals surface area contributed by atoms with Crippen molar-refractivity contribution in [2.24, 2.45) is 0 Å². The molecule has 0 saturated heterocycles. The van der Waals surface area contributed by atoms with Crippen LogP contribution in [-0.2, 0) is 6.42 Å². The average Bonchev–Trinajstić information content (AvgIpc) is 2.48. The second kappa shape index (κ2) is 5.44. The summed E-state index contributed by atoms with van der Waals surface area (Å²) in [4.78, 5) is 25.4. The van der Waals surface area contributed by atoms with Crippen LogP contribution in [0.15, 0.2) is 47.9 Å². The molecule has 0 fully saturated rings. The number of fused-ring (bicyclic) bond motifs is 1. The first-order valence-corrected chi connectivity index (χ1v) is 6.88. The van der Waals surface area contributed by atoms with Gasteiger partial charge in [-0.25, -0.2) is 4.98 Å². The fourth-order valence-corrected chi connectivity index (χ4v) is 2.49. The maximum absolute atomic E-state index is 12.7. The van der Waals surface area contributed by atoms with E-state index in [9.17, 15) is 4.79 Å². The van der Waals surface area contributed by atoms with Crippen LogP contribution in [0.4, 0.5) is 0 Å². The van der Waals surface area contributed by atoms with Crippen LogP contribution in [0.1, 0.15) is 24.2 Å². The quantitative estimate of drug-likeness (QED) is 0.738. The fraction of sp³-hybridized carbons (Fsp3) is 0.250. The number of aryl methyl sites for hydroxylation is 1. The summed E-state index contributed by atoms with van der Waals surface area (Å²) >= 11 is 0. The summed E-state index contributed by atoms with van der Waals surface area (Å²) in [5.74, 6) is 0. The van der Waals surface area contributed by atoms with Crippen molar-refractivity contribution in [1.82, 2.24) is 19.5 Å². The number of aromatic nitrogens is 4. The van der Waals surface area contributed by atoms with E-state index in [1.807, 2.05) is 32.0 Å². The van der Waals surface area contributed by atoms with Crippen LogP contribution in [0.25, 0.3) is 10.9 Å². The lowest BCUT2D eigenvalue weighted by Gasteiger charge is -2.15. The van der Waals surface area contributed by atoms with Gasteiger partial charge in [0.25, 0.3) is 5.56 Å². The molecule has 2 aromatic heterocycles. The summed E-state index contributed by atoms with van der Waals surface area (Å²) in [6, 6.07) is 5.69. The molecule has 21 heavy (non-hydrogen) atoms. The highest BCUT2D eigenvalue weighted by Crippen LogP contribution is 2.14. The summed E-state index contributed by atoms with van der Waals surface area (Å²) < 4.78 is 1.67. The van der Waals surface area contributed by atoms with Crippen molar-refractivity contribution in [2.45, 2.75) is 26.3 Å². The van der Waals surface area contributed by atoms with E-state index >= 15 is 0 Å². The molecule has 0 aliphatic carbocycles. The van der Waals surface area contributed by atoms with E-state index in [0.717, 1.165) is 16.8 Å². The molecule has 0 aliphatic heterocycles. The third-order valence-electron chi connectivity index (χ3n) is 3.62. The molecular formula is C16H16N4O. The number of hydrogen-bond donors (Lipinski definition) is 0. The largest absolute Gasteiger partial charge is 0.295 e. The molecule has 0 N–H and O–H groups in total. The van der Waals surface area contributed by atoms with Crippen molar-refractivity contribution < 1.29 is 0 Å². The van der Waals surface area contributed by atoms with Crippen LogP contribution in [0.5, 0.6) is 0 Å². The summed E-state index contributed by atoms with van der Waals surface area (Å²) in [7, 11) is 0. The van der Waals surface area contributed by atoms with E-state index in [1.54, 1.807) is 29.5 Å². The summed E-state index contributed by atoms with van der Waals surface area (Å²) in [5.41, 5.74) is 2.55. The smallest absolute Gasteiger partial charge is 0.261 e. The van der Waals surface area contributed by atoms with Crippen LogP contribution < -0.4 is 5.56 Å². The highest BCUT2D eigenvalue weighted by atomic mass is 16.1. The molecule has 0 spiro atoms. The van der Waals surface area contributed by atoms with Crippen LogP contribution in [0, 0.1) is 6.92 Å². The maximum atomic E-state index is 12.7. The first-order valence-electron chi connectivity index (χ1n) is 6.88. The Labute approximate surface area is 122 Å². The molecule has 3 aromatic rings. The van der Waals surface area contributed by atoms with Crippen molar-refractivity contribution in [1.29, 1.82) is 0 Å². The Morgan fingerprint density at radius 2 is 2.10 bits per heavy atom. The van der Waals surface area contributed by atoms with Crippen molar-refractivity contribution in [3.8, 4) is 0 Å². The van der Waals surface area contributed by atoms with Gasteiger partial charge in [0.1, 0.15) is 0 Å². The topological polar surface area (TPSA) is 60.7 Å². The van der Waals surface area contributed by atoms with Gasteiger partial charge in [0.15, 0.2) is 0 Å². The molecule has 1 aromatic carbocycles. The van der Waals surface area contributed by atoms with Crippen molar-refractivity contribution in [3.63, 3.8) is 0 Å². The monoisotopic (exact) mass is 280 g/mol. The lowest BCUT2D eigenvalue weighted by molar-refractivity contribution is 0.516. The van der Waals surface area contributed by atoms with Gasteiger partial charge in [0.05, 0.1) is 22.9 Å². The normalized spacial score (nSPS) is 12.5. The van der Waals surface area contributed by atoms with E-state index in [0.29, 0.717) is 11.8 Å². The molecule has 2 heterocycles. The third kappa shape index (κ3) is 2.54. The Hall–Kier alpha value is -2.56. The SMILES string of the molecule is Cc1cccc2ncn([C@@H](C)Cc3cnccn3)c(=O)c12. The minimum atomic E-state index is -0.0225. The molecule has 0 unspecified atom stereocenters. The zero-order valence-electron chi connectivity index (χ0n) is 12.0.